The monoisotopic (exact) mass is 381 g/mol. The molecule has 2 aliphatic heterocycles. The lowest BCUT2D eigenvalue weighted by Gasteiger charge is -2.30. The zero-order chi connectivity index (χ0) is 19.2. The molecule has 3 heterocycles. The lowest BCUT2D eigenvalue weighted by atomic mass is 10.2. The Morgan fingerprint density at radius 1 is 0.893 bits per heavy atom. The molecule has 0 radical (unpaired) electrons. The van der Waals surface area contributed by atoms with Crippen molar-refractivity contribution in [2.24, 2.45) is 0 Å². The van der Waals surface area contributed by atoms with Crippen LogP contribution in [0.1, 0.15) is 36.2 Å². The van der Waals surface area contributed by atoms with E-state index in [1.165, 1.54) is 25.7 Å². The van der Waals surface area contributed by atoms with Gasteiger partial charge in [-0.3, -0.25) is 4.79 Å². The van der Waals surface area contributed by atoms with Crippen LogP contribution in [0.3, 0.4) is 0 Å². The third kappa shape index (κ3) is 4.42. The second-order valence-electron chi connectivity index (χ2n) is 7.23. The highest BCUT2D eigenvalue weighted by molar-refractivity contribution is 6.04. The van der Waals surface area contributed by atoms with Gasteiger partial charge in [0.2, 0.25) is 0 Å². The molecule has 0 atom stereocenters. The van der Waals surface area contributed by atoms with E-state index in [1.807, 2.05) is 24.3 Å². The summed E-state index contributed by atoms with van der Waals surface area (Å²) in [6, 6.07) is 7.85. The first-order chi connectivity index (χ1) is 13.8. The van der Waals surface area contributed by atoms with Gasteiger partial charge in [-0.1, -0.05) is 25.0 Å². The molecule has 2 aromatic rings. The van der Waals surface area contributed by atoms with Gasteiger partial charge in [0.25, 0.3) is 5.91 Å². The minimum atomic E-state index is -0.240. The number of carbonyl (C=O) groups is 1. The molecule has 0 aliphatic carbocycles. The van der Waals surface area contributed by atoms with E-state index in [9.17, 15) is 4.79 Å². The van der Waals surface area contributed by atoms with E-state index in [1.54, 1.807) is 12.4 Å². The number of hydrogen-bond donors (Lipinski definition) is 1. The van der Waals surface area contributed by atoms with Gasteiger partial charge in [-0.05, 0) is 25.0 Å². The zero-order valence-corrected chi connectivity index (χ0v) is 16.1. The first-order valence-electron chi connectivity index (χ1n) is 10.1. The van der Waals surface area contributed by atoms with Gasteiger partial charge in [0.05, 0.1) is 37.0 Å². The number of morpholine rings is 1. The Hall–Kier alpha value is -2.67. The van der Waals surface area contributed by atoms with E-state index in [2.05, 4.69) is 25.1 Å². The molecule has 1 N–H and O–H groups in total. The van der Waals surface area contributed by atoms with Crippen LogP contribution in [0.2, 0.25) is 0 Å². The van der Waals surface area contributed by atoms with Crippen LogP contribution in [0.4, 0.5) is 17.2 Å². The molecular weight excluding hydrogens is 354 g/mol. The van der Waals surface area contributed by atoms with E-state index < -0.39 is 0 Å². The van der Waals surface area contributed by atoms with Gasteiger partial charge in [-0.25, -0.2) is 9.97 Å². The number of rotatable bonds is 4. The van der Waals surface area contributed by atoms with Crippen LogP contribution >= 0.6 is 0 Å². The lowest BCUT2D eigenvalue weighted by molar-refractivity contribution is 0.102. The van der Waals surface area contributed by atoms with Crippen LogP contribution in [0.25, 0.3) is 0 Å². The number of ether oxygens (including phenoxy) is 1. The number of anilines is 3. The van der Waals surface area contributed by atoms with Crippen LogP contribution in [-0.2, 0) is 4.74 Å². The predicted octanol–water partition coefficient (Wildman–Crippen LogP) is 2.95. The fourth-order valence-corrected chi connectivity index (χ4v) is 3.75. The number of nitrogens with zero attached hydrogens (tertiary/aromatic N) is 4. The van der Waals surface area contributed by atoms with E-state index in [4.69, 9.17) is 4.74 Å². The molecule has 0 bridgehead atoms. The Balaban J connectivity index is 1.45. The molecule has 7 nitrogen and oxygen atoms in total. The third-order valence-corrected chi connectivity index (χ3v) is 5.30. The molecule has 148 valence electrons. The topological polar surface area (TPSA) is 70.6 Å². The molecule has 0 unspecified atom stereocenters. The standard InChI is InChI=1S/C21H27N5O2/c27-21(18-15-23-20(16-22-18)26-9-5-1-2-6-10-26)24-17-7-3-4-8-19(17)25-11-13-28-14-12-25/h3-4,7-8,15-16H,1-2,5-6,9-14H2,(H,24,27). The van der Waals surface area contributed by atoms with Crippen molar-refractivity contribution in [2.45, 2.75) is 25.7 Å². The van der Waals surface area contributed by atoms with Crippen molar-refractivity contribution in [3.05, 3.63) is 42.4 Å². The maximum atomic E-state index is 12.7. The van der Waals surface area contributed by atoms with E-state index in [-0.39, 0.29) is 5.91 Å². The SMILES string of the molecule is O=C(Nc1ccccc1N1CCOCC1)c1cnc(N2CCCCCC2)cn1. The van der Waals surface area contributed by atoms with Gasteiger partial charge in [0, 0.05) is 26.2 Å². The van der Waals surface area contributed by atoms with Gasteiger partial charge in [-0.2, -0.15) is 0 Å². The number of nitrogens with one attached hydrogen (secondary N) is 1. The smallest absolute Gasteiger partial charge is 0.275 e. The van der Waals surface area contributed by atoms with Gasteiger partial charge in [0.15, 0.2) is 0 Å². The molecule has 4 rings (SSSR count). The van der Waals surface area contributed by atoms with Gasteiger partial charge < -0.3 is 19.9 Å². The second kappa shape index (κ2) is 9.01. The lowest BCUT2D eigenvalue weighted by Crippen LogP contribution is -2.36. The molecule has 0 spiro atoms. The molecule has 0 saturated carbocycles. The Kier molecular flexibility index (Phi) is 6.01. The third-order valence-electron chi connectivity index (χ3n) is 5.30. The minimum Gasteiger partial charge on any atom is -0.378 e. The molecule has 2 saturated heterocycles. The summed E-state index contributed by atoms with van der Waals surface area (Å²) in [7, 11) is 0. The summed E-state index contributed by atoms with van der Waals surface area (Å²) in [6.45, 7) is 5.05. The Labute approximate surface area is 165 Å². The number of aromatic nitrogens is 2. The molecule has 7 heteroatoms. The van der Waals surface area contributed by atoms with Crippen LogP contribution in [0.5, 0.6) is 0 Å². The number of para-hydroxylation sites is 2. The summed E-state index contributed by atoms with van der Waals surface area (Å²) >= 11 is 0. The second-order valence-corrected chi connectivity index (χ2v) is 7.23. The number of carbonyl (C=O) groups excluding carboxylic acids is 1. The predicted molar refractivity (Wildman–Crippen MR) is 110 cm³/mol. The quantitative estimate of drug-likeness (QED) is 0.878. The normalized spacial score (nSPS) is 17.9. The molecular formula is C21H27N5O2. The van der Waals surface area contributed by atoms with Crippen molar-refractivity contribution < 1.29 is 9.53 Å². The summed E-state index contributed by atoms with van der Waals surface area (Å²) in [5, 5.41) is 3.00. The average Bonchev–Trinajstić information content (AvgIpc) is 3.04. The fourth-order valence-electron chi connectivity index (χ4n) is 3.75. The Bertz CT molecular complexity index is 782. The number of benzene rings is 1. The van der Waals surface area contributed by atoms with Gasteiger partial charge in [0.1, 0.15) is 11.5 Å². The van der Waals surface area contributed by atoms with Crippen LogP contribution in [-0.4, -0.2) is 55.3 Å². The summed E-state index contributed by atoms with van der Waals surface area (Å²) in [5.74, 6) is 0.614. The van der Waals surface area contributed by atoms with Crippen molar-refractivity contribution in [1.29, 1.82) is 0 Å². The highest BCUT2D eigenvalue weighted by atomic mass is 16.5. The Morgan fingerprint density at radius 2 is 1.64 bits per heavy atom. The molecule has 2 aliphatic rings. The van der Waals surface area contributed by atoms with Crippen LogP contribution in [0.15, 0.2) is 36.7 Å². The van der Waals surface area contributed by atoms with Crippen molar-refractivity contribution in [2.75, 3.05) is 54.5 Å². The summed E-state index contributed by atoms with van der Waals surface area (Å²) in [4.78, 5) is 26.1. The van der Waals surface area contributed by atoms with Gasteiger partial charge in [-0.15, -0.1) is 0 Å². The number of amides is 1. The molecule has 2 fully saturated rings. The van der Waals surface area contributed by atoms with E-state index in [0.717, 1.165) is 43.4 Å². The molecule has 1 aromatic carbocycles. The zero-order valence-electron chi connectivity index (χ0n) is 16.1. The molecule has 1 amide bonds. The van der Waals surface area contributed by atoms with Crippen molar-refractivity contribution in [3.63, 3.8) is 0 Å². The largest absolute Gasteiger partial charge is 0.378 e. The maximum Gasteiger partial charge on any atom is 0.275 e. The highest BCUT2D eigenvalue weighted by Gasteiger charge is 2.18. The molecule has 1 aromatic heterocycles. The van der Waals surface area contributed by atoms with Crippen molar-refractivity contribution in [1.82, 2.24) is 9.97 Å². The van der Waals surface area contributed by atoms with Crippen molar-refractivity contribution in [3.8, 4) is 0 Å². The average molecular weight is 381 g/mol. The Morgan fingerprint density at radius 3 is 2.36 bits per heavy atom. The summed E-state index contributed by atoms with van der Waals surface area (Å²) < 4.78 is 5.43. The molecule has 28 heavy (non-hydrogen) atoms. The van der Waals surface area contributed by atoms with E-state index in [0.29, 0.717) is 18.9 Å². The first kappa shape index (κ1) is 18.7. The van der Waals surface area contributed by atoms with Crippen LogP contribution < -0.4 is 15.1 Å². The maximum absolute atomic E-state index is 12.7. The first-order valence-corrected chi connectivity index (χ1v) is 10.1. The highest BCUT2D eigenvalue weighted by Crippen LogP contribution is 2.26. The summed E-state index contributed by atoms with van der Waals surface area (Å²) in [5.41, 5.74) is 2.12. The van der Waals surface area contributed by atoms with Gasteiger partial charge >= 0.3 is 0 Å². The number of hydrogen-bond acceptors (Lipinski definition) is 6. The minimum absolute atomic E-state index is 0.240. The van der Waals surface area contributed by atoms with Crippen molar-refractivity contribution >= 4 is 23.1 Å². The van der Waals surface area contributed by atoms with Crippen LogP contribution in [0, 0.1) is 0 Å². The fraction of sp³-hybridized carbons (Fsp3) is 0.476. The van der Waals surface area contributed by atoms with E-state index >= 15 is 0 Å². The summed E-state index contributed by atoms with van der Waals surface area (Å²) in [6.07, 6.45) is 8.20.